The molecule has 14 heavy (non-hydrogen) atoms. The van der Waals surface area contributed by atoms with E-state index in [1.165, 1.54) is 0 Å². The monoisotopic (exact) mass is 252 g/mol. The van der Waals surface area contributed by atoms with Gasteiger partial charge in [-0.25, -0.2) is 4.98 Å². The molecule has 0 radical (unpaired) electrons. The summed E-state index contributed by atoms with van der Waals surface area (Å²) in [5, 5.41) is 0. The highest BCUT2D eigenvalue weighted by molar-refractivity contribution is 9.10. The van der Waals surface area contributed by atoms with E-state index in [2.05, 4.69) is 25.9 Å². The van der Waals surface area contributed by atoms with E-state index in [4.69, 9.17) is 5.73 Å². The topological polar surface area (TPSA) is 56.7 Å². The summed E-state index contributed by atoms with van der Waals surface area (Å²) in [6, 6.07) is 3.92. The molecule has 0 saturated carbocycles. The summed E-state index contributed by atoms with van der Waals surface area (Å²) < 4.78 is 2.87. The number of pyridine rings is 1. The van der Waals surface area contributed by atoms with Crippen molar-refractivity contribution in [2.24, 2.45) is 0 Å². The van der Waals surface area contributed by atoms with Gasteiger partial charge in [0.05, 0.1) is 18.6 Å². The molecule has 0 unspecified atom stereocenters. The Kier molecular flexibility index (Phi) is 2.49. The highest BCUT2D eigenvalue weighted by Gasteiger charge is 1.97. The number of hydrogen-bond acceptors (Lipinski definition) is 3. The fourth-order valence-corrected chi connectivity index (χ4v) is 1.39. The Morgan fingerprint density at radius 3 is 2.79 bits per heavy atom. The number of hydrogen-bond donors (Lipinski definition) is 1. The van der Waals surface area contributed by atoms with E-state index in [0.717, 1.165) is 10.2 Å². The molecule has 0 spiro atoms. The Bertz CT molecular complexity index is 421. The average Bonchev–Trinajstić information content (AvgIpc) is 2.56. The predicted molar refractivity (Wildman–Crippen MR) is 57.7 cm³/mol. The Hall–Kier alpha value is -1.36. The van der Waals surface area contributed by atoms with Gasteiger partial charge in [-0.05, 0) is 28.1 Å². The summed E-state index contributed by atoms with van der Waals surface area (Å²) in [6.07, 6.45) is 5.25. The van der Waals surface area contributed by atoms with Crippen molar-refractivity contribution in [2.75, 3.05) is 5.73 Å². The van der Waals surface area contributed by atoms with Crippen LogP contribution in [0.3, 0.4) is 0 Å². The van der Waals surface area contributed by atoms with Gasteiger partial charge in [0.1, 0.15) is 5.82 Å². The van der Waals surface area contributed by atoms with Crippen LogP contribution in [0, 0.1) is 0 Å². The second-order valence-electron chi connectivity index (χ2n) is 2.94. The van der Waals surface area contributed by atoms with Crippen LogP contribution in [0.1, 0.15) is 5.69 Å². The average molecular weight is 253 g/mol. The first-order valence-corrected chi connectivity index (χ1v) is 4.91. The Morgan fingerprint density at radius 2 is 2.21 bits per heavy atom. The van der Waals surface area contributed by atoms with Gasteiger partial charge in [0.25, 0.3) is 0 Å². The molecule has 2 aromatic rings. The first-order chi connectivity index (χ1) is 6.74. The van der Waals surface area contributed by atoms with Crippen LogP contribution in [-0.2, 0) is 6.54 Å². The Balaban J connectivity index is 2.15. The summed E-state index contributed by atoms with van der Waals surface area (Å²) in [5.74, 6) is 0.530. The third-order valence-corrected chi connectivity index (χ3v) is 2.26. The van der Waals surface area contributed by atoms with Crippen LogP contribution >= 0.6 is 15.9 Å². The number of nitrogen functional groups attached to an aromatic ring is 1. The standard InChI is InChI=1S/C9H9BrN4/c10-7-1-2-8(12-3-7)4-14-5-9(11)13-6-14/h1-3,5-6H,4,11H2. The fourth-order valence-electron chi connectivity index (χ4n) is 1.15. The zero-order chi connectivity index (χ0) is 9.97. The summed E-state index contributed by atoms with van der Waals surface area (Å²) in [5.41, 5.74) is 6.47. The number of halogens is 1. The van der Waals surface area contributed by atoms with Crippen molar-refractivity contribution < 1.29 is 0 Å². The predicted octanol–water partition coefficient (Wildman–Crippen LogP) is 1.67. The number of anilines is 1. The highest BCUT2D eigenvalue weighted by Crippen LogP contribution is 2.08. The molecule has 0 saturated heterocycles. The summed E-state index contributed by atoms with van der Waals surface area (Å²) in [4.78, 5) is 8.18. The third kappa shape index (κ3) is 2.11. The fraction of sp³-hybridized carbons (Fsp3) is 0.111. The quantitative estimate of drug-likeness (QED) is 0.885. The van der Waals surface area contributed by atoms with Gasteiger partial charge in [-0.2, -0.15) is 0 Å². The molecule has 4 nitrogen and oxygen atoms in total. The third-order valence-electron chi connectivity index (χ3n) is 1.79. The zero-order valence-corrected chi connectivity index (χ0v) is 8.98. The number of rotatable bonds is 2. The van der Waals surface area contributed by atoms with E-state index in [1.54, 1.807) is 18.7 Å². The molecule has 0 bridgehead atoms. The highest BCUT2D eigenvalue weighted by atomic mass is 79.9. The maximum atomic E-state index is 5.50. The lowest BCUT2D eigenvalue weighted by Crippen LogP contribution is -1.98. The van der Waals surface area contributed by atoms with Gasteiger partial charge in [-0.15, -0.1) is 0 Å². The van der Waals surface area contributed by atoms with E-state index in [1.807, 2.05) is 16.7 Å². The van der Waals surface area contributed by atoms with E-state index in [0.29, 0.717) is 12.4 Å². The molecule has 0 aliphatic rings. The molecule has 0 fully saturated rings. The molecular weight excluding hydrogens is 244 g/mol. The van der Waals surface area contributed by atoms with E-state index in [-0.39, 0.29) is 0 Å². The van der Waals surface area contributed by atoms with Crippen LogP contribution in [0.15, 0.2) is 35.3 Å². The largest absolute Gasteiger partial charge is 0.382 e. The summed E-state index contributed by atoms with van der Waals surface area (Å²) in [7, 11) is 0. The van der Waals surface area contributed by atoms with Crippen molar-refractivity contribution in [3.63, 3.8) is 0 Å². The van der Waals surface area contributed by atoms with Gasteiger partial charge in [-0.3, -0.25) is 4.98 Å². The van der Waals surface area contributed by atoms with Crippen molar-refractivity contribution in [1.82, 2.24) is 14.5 Å². The van der Waals surface area contributed by atoms with E-state index < -0.39 is 0 Å². The van der Waals surface area contributed by atoms with Crippen molar-refractivity contribution in [3.8, 4) is 0 Å². The number of nitrogens with two attached hydrogens (primary N) is 1. The zero-order valence-electron chi connectivity index (χ0n) is 7.39. The minimum atomic E-state index is 0.530. The van der Waals surface area contributed by atoms with Gasteiger partial charge in [0, 0.05) is 16.9 Å². The minimum absolute atomic E-state index is 0.530. The molecule has 2 rings (SSSR count). The molecule has 72 valence electrons. The van der Waals surface area contributed by atoms with Gasteiger partial charge >= 0.3 is 0 Å². The summed E-state index contributed by atoms with van der Waals surface area (Å²) >= 11 is 3.33. The Morgan fingerprint density at radius 1 is 1.36 bits per heavy atom. The van der Waals surface area contributed by atoms with Crippen LogP contribution in [0.4, 0.5) is 5.82 Å². The first kappa shape index (κ1) is 9.21. The molecule has 0 aromatic carbocycles. The maximum absolute atomic E-state index is 5.50. The maximum Gasteiger partial charge on any atom is 0.141 e. The van der Waals surface area contributed by atoms with Crippen molar-refractivity contribution >= 4 is 21.7 Å². The van der Waals surface area contributed by atoms with Gasteiger partial charge in [0.15, 0.2) is 0 Å². The molecule has 0 amide bonds. The van der Waals surface area contributed by atoms with Crippen LogP contribution in [-0.4, -0.2) is 14.5 Å². The second kappa shape index (κ2) is 3.79. The number of aromatic nitrogens is 3. The molecule has 5 heteroatoms. The molecular formula is C9H9BrN4. The molecule has 0 atom stereocenters. The van der Waals surface area contributed by atoms with Crippen LogP contribution in [0.2, 0.25) is 0 Å². The molecule has 2 aromatic heterocycles. The van der Waals surface area contributed by atoms with Crippen LogP contribution in [0.25, 0.3) is 0 Å². The lowest BCUT2D eigenvalue weighted by Gasteiger charge is -2.00. The van der Waals surface area contributed by atoms with Crippen molar-refractivity contribution in [3.05, 3.63) is 41.0 Å². The van der Waals surface area contributed by atoms with Crippen LogP contribution < -0.4 is 5.73 Å². The van der Waals surface area contributed by atoms with E-state index in [9.17, 15) is 0 Å². The molecule has 0 aliphatic heterocycles. The lowest BCUT2D eigenvalue weighted by atomic mass is 10.3. The first-order valence-electron chi connectivity index (χ1n) is 4.12. The molecule has 2 N–H and O–H groups in total. The molecule has 2 heterocycles. The van der Waals surface area contributed by atoms with Crippen LogP contribution in [0.5, 0.6) is 0 Å². The Labute approximate surface area is 89.9 Å². The number of imidazole rings is 1. The van der Waals surface area contributed by atoms with Gasteiger partial charge in [-0.1, -0.05) is 0 Å². The smallest absolute Gasteiger partial charge is 0.141 e. The molecule has 0 aliphatic carbocycles. The van der Waals surface area contributed by atoms with E-state index >= 15 is 0 Å². The van der Waals surface area contributed by atoms with Gasteiger partial charge < -0.3 is 10.3 Å². The lowest BCUT2D eigenvalue weighted by molar-refractivity contribution is 0.773. The van der Waals surface area contributed by atoms with Gasteiger partial charge in [0.2, 0.25) is 0 Å². The summed E-state index contributed by atoms with van der Waals surface area (Å²) in [6.45, 7) is 0.692. The second-order valence-corrected chi connectivity index (χ2v) is 3.85. The van der Waals surface area contributed by atoms with Crippen molar-refractivity contribution in [2.45, 2.75) is 6.54 Å². The van der Waals surface area contributed by atoms with Crippen molar-refractivity contribution in [1.29, 1.82) is 0 Å². The normalized spacial score (nSPS) is 10.4. The number of nitrogens with zero attached hydrogens (tertiary/aromatic N) is 3. The minimum Gasteiger partial charge on any atom is -0.382 e. The SMILES string of the molecule is Nc1cn(Cc2ccc(Br)cn2)cn1.